The lowest BCUT2D eigenvalue weighted by Gasteiger charge is -2.39. The van der Waals surface area contributed by atoms with Crippen LogP contribution < -0.4 is 25.6 Å². The summed E-state index contributed by atoms with van der Waals surface area (Å²) in [6.07, 6.45) is 8.63. The summed E-state index contributed by atoms with van der Waals surface area (Å²) in [5.41, 5.74) is 7.66. The Labute approximate surface area is 296 Å². The number of halogens is 1. The van der Waals surface area contributed by atoms with Crippen molar-refractivity contribution in [1.82, 2.24) is 24.6 Å². The van der Waals surface area contributed by atoms with E-state index in [4.69, 9.17) is 21.5 Å². The molecule has 2 aliphatic heterocycles. The van der Waals surface area contributed by atoms with Crippen molar-refractivity contribution in [2.24, 2.45) is 17.0 Å². The minimum atomic E-state index is -1.99. The number of methoxy groups -OCH3 is 1. The molecule has 6 rings (SSSR count). The minimum Gasteiger partial charge on any atom is -0.494 e. The molecule has 2 aromatic carbocycles. The van der Waals surface area contributed by atoms with Gasteiger partial charge < -0.3 is 25.2 Å². The minimum absolute atomic E-state index is 0.413. The van der Waals surface area contributed by atoms with E-state index in [9.17, 15) is 0 Å². The Morgan fingerprint density at radius 1 is 1.08 bits per heavy atom. The van der Waals surface area contributed by atoms with Crippen LogP contribution in [-0.4, -0.2) is 90.7 Å². The Kier molecular flexibility index (Phi) is 10.0. The Hall–Kier alpha value is -3.64. The maximum Gasteiger partial charge on any atom is 0.229 e. The molecule has 4 aromatic rings. The van der Waals surface area contributed by atoms with E-state index in [2.05, 4.69) is 95.7 Å². The largest absolute Gasteiger partial charge is 0.494 e. The summed E-state index contributed by atoms with van der Waals surface area (Å²) in [5, 5.41) is 12.5. The lowest BCUT2D eigenvalue weighted by atomic mass is 9.99. The van der Waals surface area contributed by atoms with Crippen LogP contribution >= 0.6 is 22.0 Å². The zero-order chi connectivity index (χ0) is 34.2. The SMILES string of the molecule is C=Nc1ccc(Nc2nc(Nc3cc4c(cc3OC)N(C3CCN(C)CC3)CCc3c-4cnn3C)ncc2Br)c(P(C)(C)=S)c1N=CC. The van der Waals surface area contributed by atoms with Gasteiger partial charge in [0.2, 0.25) is 5.95 Å². The number of ether oxygens (including phenoxy) is 1. The van der Waals surface area contributed by atoms with Gasteiger partial charge in [0, 0.05) is 72.3 Å². The average Bonchev–Trinajstić information content (AvgIpc) is 3.34. The molecule has 14 heteroatoms. The van der Waals surface area contributed by atoms with E-state index in [0.29, 0.717) is 28.0 Å². The van der Waals surface area contributed by atoms with Crippen LogP contribution in [0.25, 0.3) is 11.1 Å². The Morgan fingerprint density at radius 3 is 2.54 bits per heavy atom. The number of aryl methyl sites for hydroxylation is 1. The predicted octanol–water partition coefficient (Wildman–Crippen LogP) is 7.01. The number of nitrogens with zero attached hydrogens (tertiary/aromatic N) is 8. The van der Waals surface area contributed by atoms with Crippen molar-refractivity contribution in [3.63, 3.8) is 0 Å². The quantitative estimate of drug-likeness (QED) is 0.138. The van der Waals surface area contributed by atoms with Crippen molar-refractivity contribution in [2.45, 2.75) is 32.2 Å². The highest BCUT2D eigenvalue weighted by atomic mass is 79.9. The van der Waals surface area contributed by atoms with Crippen LogP contribution in [0.4, 0.5) is 40.2 Å². The fraction of sp³-hybridized carbons (Fsp3) is 0.382. The molecule has 2 N–H and O–H groups in total. The summed E-state index contributed by atoms with van der Waals surface area (Å²) < 4.78 is 8.70. The lowest BCUT2D eigenvalue weighted by molar-refractivity contribution is 0.250. The fourth-order valence-electron chi connectivity index (χ4n) is 6.67. The second-order valence-corrected chi connectivity index (χ2v) is 19.3. The maximum absolute atomic E-state index is 6.03. The molecular formula is C34H42BrN10OPS. The molecule has 1 fully saturated rings. The number of hydrogen-bond donors (Lipinski definition) is 2. The molecule has 252 valence electrons. The van der Waals surface area contributed by atoms with Gasteiger partial charge >= 0.3 is 0 Å². The third-order valence-electron chi connectivity index (χ3n) is 9.04. The maximum atomic E-state index is 6.03. The number of rotatable bonds is 9. The highest BCUT2D eigenvalue weighted by molar-refractivity contribution is 9.10. The topological polar surface area (TPSA) is 108 Å². The molecular weight excluding hydrogens is 707 g/mol. The average molecular weight is 750 g/mol. The van der Waals surface area contributed by atoms with E-state index in [1.165, 1.54) is 11.4 Å². The van der Waals surface area contributed by atoms with Crippen molar-refractivity contribution in [3.05, 3.63) is 46.8 Å². The Balaban J connectivity index is 1.39. The standard InChI is InChI=1S/C34H42BrN10OPS/c1-8-37-31-25(36-2)9-10-26(32(31)47(6,7)48)40-33-24(35)20-38-34(42-33)41-27-17-22-23-19-39-44(4)28(23)13-16-45(29(22)18-30(27)46-5)21-11-14-43(3)15-12-21/h8-10,17-21H,2,11-16H2,1,3-7H3,(H2,38,40,41,42). The lowest BCUT2D eigenvalue weighted by Crippen LogP contribution is -2.44. The first kappa shape index (κ1) is 34.2. The smallest absolute Gasteiger partial charge is 0.229 e. The fourth-order valence-corrected chi connectivity index (χ4v) is 8.91. The molecule has 11 nitrogen and oxygen atoms in total. The number of piperidine rings is 1. The highest BCUT2D eigenvalue weighted by Crippen LogP contribution is 2.47. The first-order chi connectivity index (χ1) is 23.0. The second kappa shape index (κ2) is 14.1. The van der Waals surface area contributed by atoms with Gasteiger partial charge in [0.05, 0.1) is 40.5 Å². The number of nitrogens with one attached hydrogen (secondary N) is 2. The Morgan fingerprint density at radius 2 is 1.85 bits per heavy atom. The highest BCUT2D eigenvalue weighted by Gasteiger charge is 2.31. The van der Waals surface area contributed by atoms with E-state index in [-0.39, 0.29) is 0 Å². The van der Waals surface area contributed by atoms with Crippen molar-refractivity contribution in [3.8, 4) is 16.9 Å². The van der Waals surface area contributed by atoms with Crippen LogP contribution in [0.15, 0.2) is 51.1 Å². The van der Waals surface area contributed by atoms with Gasteiger partial charge in [0.1, 0.15) is 11.6 Å². The van der Waals surface area contributed by atoms with Gasteiger partial charge in [-0.2, -0.15) is 10.1 Å². The van der Waals surface area contributed by atoms with Crippen LogP contribution in [-0.2, 0) is 25.3 Å². The molecule has 0 atom stereocenters. The number of likely N-dealkylation sites (tertiary alicyclic amines) is 1. The van der Waals surface area contributed by atoms with Gasteiger partial charge in [0.15, 0.2) is 0 Å². The molecule has 0 bridgehead atoms. The third kappa shape index (κ3) is 6.78. The van der Waals surface area contributed by atoms with Gasteiger partial charge in [-0.3, -0.25) is 14.7 Å². The molecule has 0 spiro atoms. The first-order valence-electron chi connectivity index (χ1n) is 15.9. The zero-order valence-corrected chi connectivity index (χ0v) is 31.6. The molecule has 0 unspecified atom stereocenters. The number of fused-ring (bicyclic) bond motifs is 3. The summed E-state index contributed by atoms with van der Waals surface area (Å²) in [7, 11) is 5.93. The summed E-state index contributed by atoms with van der Waals surface area (Å²) in [6.45, 7) is 12.9. The molecule has 0 radical (unpaired) electrons. The van der Waals surface area contributed by atoms with Gasteiger partial charge in [-0.1, -0.05) is 11.8 Å². The molecule has 1 saturated heterocycles. The van der Waals surface area contributed by atoms with Crippen LogP contribution in [0.2, 0.25) is 0 Å². The summed E-state index contributed by atoms with van der Waals surface area (Å²) in [6, 6.07) is 6.63. The number of benzene rings is 2. The molecule has 4 heterocycles. The van der Waals surface area contributed by atoms with Crippen LogP contribution in [0.1, 0.15) is 25.5 Å². The Bertz CT molecular complexity index is 1930. The van der Waals surface area contributed by atoms with Gasteiger partial charge in [-0.05, 0) is 100 Å². The monoisotopic (exact) mass is 748 g/mol. The van der Waals surface area contributed by atoms with Crippen molar-refractivity contribution in [2.75, 3.05) is 62.7 Å². The zero-order valence-electron chi connectivity index (χ0n) is 28.3. The second-order valence-electron chi connectivity index (χ2n) is 12.5. The predicted molar refractivity (Wildman–Crippen MR) is 208 cm³/mol. The first-order valence-corrected chi connectivity index (χ1v) is 20.4. The number of hydrogen-bond acceptors (Lipinski definition) is 11. The summed E-state index contributed by atoms with van der Waals surface area (Å²) in [4.78, 5) is 23.3. The normalized spacial score (nSPS) is 15.6. The molecule has 2 aliphatic rings. The number of aromatic nitrogens is 4. The van der Waals surface area contributed by atoms with E-state index < -0.39 is 6.04 Å². The summed E-state index contributed by atoms with van der Waals surface area (Å²) >= 11 is 9.68. The van der Waals surface area contributed by atoms with E-state index in [0.717, 1.165) is 78.1 Å². The van der Waals surface area contributed by atoms with Crippen molar-refractivity contribution >= 4 is 92.2 Å². The van der Waals surface area contributed by atoms with Crippen molar-refractivity contribution < 1.29 is 4.74 Å². The summed E-state index contributed by atoms with van der Waals surface area (Å²) in [5.74, 6) is 1.71. The third-order valence-corrected chi connectivity index (χ3v) is 11.7. The van der Waals surface area contributed by atoms with Gasteiger partial charge in [-0.15, -0.1) is 0 Å². The van der Waals surface area contributed by atoms with Gasteiger partial charge in [-0.25, -0.2) is 4.98 Å². The molecule has 0 amide bonds. The van der Waals surface area contributed by atoms with E-state index in [1.54, 1.807) is 19.5 Å². The molecule has 48 heavy (non-hydrogen) atoms. The van der Waals surface area contributed by atoms with Crippen LogP contribution in [0, 0.1) is 0 Å². The van der Waals surface area contributed by atoms with Crippen molar-refractivity contribution in [1.29, 1.82) is 0 Å². The van der Waals surface area contributed by atoms with Gasteiger partial charge in [0.25, 0.3) is 0 Å². The van der Waals surface area contributed by atoms with E-state index >= 15 is 0 Å². The number of aliphatic imine (C=N–C) groups is 2. The molecule has 0 saturated carbocycles. The molecule has 0 aliphatic carbocycles. The van der Waals surface area contributed by atoms with Crippen LogP contribution in [0.3, 0.4) is 0 Å². The number of anilines is 5. The van der Waals surface area contributed by atoms with E-state index in [1.807, 2.05) is 37.0 Å². The molecule has 2 aromatic heterocycles. The van der Waals surface area contributed by atoms with Crippen LogP contribution in [0.5, 0.6) is 5.75 Å².